The summed E-state index contributed by atoms with van der Waals surface area (Å²) in [6.07, 6.45) is -0.976. The Hall–Kier alpha value is -6.82. The number of ether oxygens (including phenoxy) is 4. The van der Waals surface area contributed by atoms with Crippen LogP contribution in [-0.4, -0.2) is 125 Å². The Morgan fingerprint density at radius 3 is 1.18 bits per heavy atom. The first kappa shape index (κ1) is 49.6. The van der Waals surface area contributed by atoms with Crippen LogP contribution in [0.15, 0.2) is 48.5 Å². The standard InChI is InChI=1S/C43H46N6O16S2/c1-18(50)62-24-13-9-22(10-14-24)28(34(56)46-30-36(58)48-32(40(60)64-20(3)52)42(5,6)66-38(30)48)44-26(54)17-27(55)45-29(23-11-15-25(16-12-23)63-19(2)51)35(57)47-31-37(59)49-33(41(61)65-21(4)53)43(7,8)67-39(31)49/h9-16,28-33,38-39H,17H2,1-8H3,(H,44,54)(H,45,55)(H,46,56)(H,47,57)/t28-,29+,30?,31?,32-,33+,38?,39?. The normalized spacial score (nSPS) is 23.6. The molecule has 0 aliphatic carbocycles. The quantitative estimate of drug-likeness (QED) is 0.0852. The van der Waals surface area contributed by atoms with Crippen molar-refractivity contribution in [3.63, 3.8) is 0 Å². The lowest BCUT2D eigenvalue weighted by molar-refractivity contribution is -0.170. The van der Waals surface area contributed by atoms with Gasteiger partial charge in [0.25, 0.3) is 0 Å². The monoisotopic (exact) mass is 966 g/mol. The molecule has 24 heteroatoms. The largest absolute Gasteiger partial charge is 0.427 e. The maximum Gasteiger partial charge on any atom is 0.337 e. The van der Waals surface area contributed by atoms with E-state index in [1.54, 1.807) is 27.7 Å². The van der Waals surface area contributed by atoms with Gasteiger partial charge in [-0.15, -0.1) is 23.5 Å². The second kappa shape index (κ2) is 19.2. The van der Waals surface area contributed by atoms with E-state index in [0.717, 1.165) is 13.8 Å². The summed E-state index contributed by atoms with van der Waals surface area (Å²) in [5, 5.41) is 8.63. The molecule has 4 aliphatic heterocycles. The second-order valence-corrected chi connectivity index (χ2v) is 20.4. The fourth-order valence-corrected chi connectivity index (χ4v) is 11.3. The number of amides is 6. The van der Waals surface area contributed by atoms with Crippen molar-refractivity contribution < 1.29 is 76.5 Å². The average Bonchev–Trinajstić information content (AvgIpc) is 3.63. The van der Waals surface area contributed by atoms with Gasteiger partial charge in [-0.25, -0.2) is 9.59 Å². The van der Waals surface area contributed by atoms with E-state index in [1.807, 2.05) is 0 Å². The van der Waals surface area contributed by atoms with Crippen LogP contribution in [0.3, 0.4) is 0 Å². The van der Waals surface area contributed by atoms with E-state index in [4.69, 9.17) is 18.9 Å². The van der Waals surface area contributed by atoms with Gasteiger partial charge in [0.1, 0.15) is 64.9 Å². The van der Waals surface area contributed by atoms with E-state index in [2.05, 4.69) is 21.3 Å². The molecule has 2 aromatic rings. The summed E-state index contributed by atoms with van der Waals surface area (Å²) in [6.45, 7) is 11.1. The summed E-state index contributed by atoms with van der Waals surface area (Å²) >= 11 is 2.36. The molecular formula is C43H46N6O16S2. The third kappa shape index (κ3) is 10.6. The third-order valence-corrected chi connectivity index (χ3v) is 14.0. The van der Waals surface area contributed by atoms with Gasteiger partial charge in [0.05, 0.1) is 0 Å². The van der Waals surface area contributed by atoms with Crippen molar-refractivity contribution in [3.05, 3.63) is 59.7 Å². The van der Waals surface area contributed by atoms with Crippen molar-refractivity contribution in [2.75, 3.05) is 0 Å². The molecule has 8 atom stereocenters. The molecule has 0 saturated carbocycles. The molecule has 4 N–H and O–H groups in total. The lowest BCUT2D eigenvalue weighted by atomic mass is 9.95. The number of hydrogen-bond donors (Lipinski definition) is 4. The molecule has 0 spiro atoms. The van der Waals surface area contributed by atoms with Gasteiger partial charge in [0.2, 0.25) is 35.4 Å². The number of nitrogens with zero attached hydrogens (tertiary/aromatic N) is 2. The van der Waals surface area contributed by atoms with E-state index in [-0.39, 0.29) is 22.6 Å². The lowest BCUT2D eigenvalue weighted by Gasteiger charge is -2.44. The van der Waals surface area contributed by atoms with Crippen LogP contribution in [0, 0.1) is 0 Å². The Labute approximate surface area is 390 Å². The molecule has 67 heavy (non-hydrogen) atoms. The highest BCUT2D eigenvalue weighted by Crippen LogP contribution is 2.52. The number of β-lactam (4-membered cyclic amide) rings is 2. The van der Waals surface area contributed by atoms with E-state index < -0.39 is 134 Å². The maximum atomic E-state index is 14.0. The Bertz CT molecular complexity index is 2290. The summed E-state index contributed by atoms with van der Waals surface area (Å²) in [6, 6.07) is 3.00. The molecule has 4 fully saturated rings. The number of thioether (sulfide) groups is 2. The van der Waals surface area contributed by atoms with Crippen molar-refractivity contribution in [3.8, 4) is 11.5 Å². The van der Waals surface area contributed by atoms with Crippen LogP contribution in [0.1, 0.15) is 85.0 Å². The van der Waals surface area contributed by atoms with E-state index in [1.165, 1.54) is 95.7 Å². The highest BCUT2D eigenvalue weighted by atomic mass is 32.2. The van der Waals surface area contributed by atoms with Crippen LogP contribution >= 0.6 is 23.5 Å². The molecule has 356 valence electrons. The maximum absolute atomic E-state index is 14.0. The number of carbonyl (C=O) groups excluding carboxylic acids is 12. The molecule has 0 aromatic heterocycles. The molecule has 4 unspecified atom stereocenters. The van der Waals surface area contributed by atoms with Gasteiger partial charge >= 0.3 is 35.8 Å². The van der Waals surface area contributed by atoms with Crippen LogP contribution in [0.5, 0.6) is 11.5 Å². The van der Waals surface area contributed by atoms with Gasteiger partial charge in [-0.1, -0.05) is 24.3 Å². The van der Waals surface area contributed by atoms with Crippen molar-refractivity contribution in [2.24, 2.45) is 0 Å². The summed E-state index contributed by atoms with van der Waals surface area (Å²) in [7, 11) is 0. The second-order valence-electron chi connectivity index (χ2n) is 16.8. The highest BCUT2D eigenvalue weighted by molar-refractivity contribution is 8.02. The van der Waals surface area contributed by atoms with Gasteiger partial charge in [0.15, 0.2) is 0 Å². The molecule has 22 nitrogen and oxygen atoms in total. The summed E-state index contributed by atoms with van der Waals surface area (Å²) in [4.78, 5) is 157. The number of nitrogens with one attached hydrogen (secondary N) is 4. The molecule has 0 radical (unpaired) electrons. The van der Waals surface area contributed by atoms with Crippen molar-refractivity contribution >= 4 is 94.8 Å². The fraction of sp³-hybridized carbons (Fsp3) is 0.442. The number of rotatable bonds is 14. The average molecular weight is 967 g/mol. The number of hydrogen-bond acceptors (Lipinski definition) is 18. The van der Waals surface area contributed by atoms with Crippen LogP contribution < -0.4 is 30.7 Å². The summed E-state index contributed by atoms with van der Waals surface area (Å²) in [5.41, 5.74) is 0.254. The van der Waals surface area contributed by atoms with Gasteiger partial charge < -0.3 is 50.0 Å². The minimum Gasteiger partial charge on any atom is -0.427 e. The van der Waals surface area contributed by atoms with Crippen LogP contribution in [0.25, 0.3) is 0 Å². The topological polar surface area (TPSA) is 296 Å². The van der Waals surface area contributed by atoms with E-state index in [0.29, 0.717) is 0 Å². The SMILES string of the molecule is CC(=O)OC(=O)[C@@H]1N2C(=O)C(NC(=O)[C@@H](NC(=O)CC(=O)N[C@@H](C(=O)NC3C(=O)N4C3SC(C)(C)[C@H]4C(=O)OC(C)=O)c3ccc(OC(C)=O)cc3)c3ccc(OC(C)=O)cc3)C2SC1(C)C. The zero-order valence-corrected chi connectivity index (χ0v) is 38.8. The first-order valence-corrected chi connectivity index (χ1v) is 22.3. The van der Waals surface area contributed by atoms with Gasteiger partial charge in [0, 0.05) is 37.2 Å². The first-order valence-electron chi connectivity index (χ1n) is 20.5. The summed E-state index contributed by atoms with van der Waals surface area (Å²) < 4.78 is 17.9. The van der Waals surface area contributed by atoms with E-state index >= 15 is 0 Å². The highest BCUT2D eigenvalue weighted by Gasteiger charge is 2.66. The zero-order chi connectivity index (χ0) is 49.4. The number of carbonyl (C=O) groups is 12. The molecule has 2 aromatic carbocycles. The minimum absolute atomic E-state index is 0.103. The Morgan fingerprint density at radius 2 is 0.881 bits per heavy atom. The Kier molecular flexibility index (Phi) is 14.2. The molecule has 0 bridgehead atoms. The number of benzene rings is 2. The van der Waals surface area contributed by atoms with Crippen molar-refractivity contribution in [1.82, 2.24) is 31.1 Å². The molecule has 6 rings (SSSR count). The summed E-state index contributed by atoms with van der Waals surface area (Å²) in [5.74, 6) is -9.88. The van der Waals surface area contributed by atoms with E-state index in [9.17, 15) is 57.5 Å². The lowest BCUT2D eigenvalue weighted by Crippen LogP contribution is -2.71. The molecule has 6 amide bonds. The smallest absolute Gasteiger partial charge is 0.337 e. The molecule has 4 heterocycles. The molecular weight excluding hydrogens is 921 g/mol. The van der Waals surface area contributed by atoms with Gasteiger partial charge in [-0.2, -0.15) is 0 Å². The zero-order valence-electron chi connectivity index (χ0n) is 37.2. The van der Waals surface area contributed by atoms with Crippen LogP contribution in [0.4, 0.5) is 0 Å². The number of esters is 6. The fourth-order valence-electron chi connectivity index (χ4n) is 8.08. The predicted octanol–water partition coefficient (Wildman–Crippen LogP) is 0.216. The van der Waals surface area contributed by atoms with Gasteiger partial charge in [-0.3, -0.25) is 47.9 Å². The minimum atomic E-state index is -1.57. The van der Waals surface area contributed by atoms with Crippen LogP contribution in [0.2, 0.25) is 0 Å². The molecule has 4 saturated heterocycles. The van der Waals surface area contributed by atoms with Crippen LogP contribution in [-0.2, 0) is 67.0 Å². The number of fused-ring (bicyclic) bond motifs is 2. The predicted molar refractivity (Wildman–Crippen MR) is 231 cm³/mol. The third-order valence-electron chi connectivity index (χ3n) is 10.8. The Balaban J connectivity index is 1.19. The van der Waals surface area contributed by atoms with Crippen molar-refractivity contribution in [1.29, 1.82) is 0 Å². The molecule has 4 aliphatic rings. The Morgan fingerprint density at radius 1 is 0.552 bits per heavy atom. The van der Waals surface area contributed by atoms with Crippen molar-refractivity contribution in [2.45, 2.75) is 118 Å². The van der Waals surface area contributed by atoms with Gasteiger partial charge in [-0.05, 0) is 63.1 Å². The first-order chi connectivity index (χ1) is 31.3.